The van der Waals surface area contributed by atoms with E-state index in [0.717, 1.165) is 38.4 Å². The van der Waals surface area contributed by atoms with Crippen molar-refractivity contribution >= 4 is 5.91 Å². The minimum Gasteiger partial charge on any atom is -0.339 e. The first-order valence-corrected chi connectivity index (χ1v) is 6.50. The lowest BCUT2D eigenvalue weighted by Crippen LogP contribution is -2.38. The molecule has 1 N–H and O–H groups in total. The summed E-state index contributed by atoms with van der Waals surface area (Å²) in [5.74, 6) is 0.932. The fraction of sp³-hybridized carbons (Fsp3) is 0.643. The maximum Gasteiger partial charge on any atom is 0.246 e. The van der Waals surface area contributed by atoms with E-state index in [0.29, 0.717) is 0 Å². The van der Waals surface area contributed by atoms with Gasteiger partial charge in [-0.15, -0.1) is 0 Å². The number of carbonyl (C=O) groups excluding carboxylic acids is 1. The first-order valence-electron chi connectivity index (χ1n) is 6.50. The SMILES string of the molecule is CC=CC=CC(=O)N1CCC(CCNC)CC1. The molecule has 3 nitrogen and oxygen atoms in total. The summed E-state index contributed by atoms with van der Waals surface area (Å²) >= 11 is 0. The van der Waals surface area contributed by atoms with Gasteiger partial charge in [-0.05, 0) is 45.7 Å². The van der Waals surface area contributed by atoms with Gasteiger partial charge in [0.2, 0.25) is 5.91 Å². The molecule has 0 aromatic carbocycles. The lowest BCUT2D eigenvalue weighted by Gasteiger charge is -2.31. The minimum atomic E-state index is 0.148. The number of nitrogens with zero attached hydrogens (tertiary/aromatic N) is 1. The summed E-state index contributed by atoms with van der Waals surface area (Å²) in [5.41, 5.74) is 0. The third-order valence-electron chi connectivity index (χ3n) is 3.27. The number of allylic oxidation sites excluding steroid dienone is 3. The van der Waals surface area contributed by atoms with E-state index in [1.165, 1.54) is 6.42 Å². The predicted molar refractivity (Wildman–Crippen MR) is 71.8 cm³/mol. The molecule has 17 heavy (non-hydrogen) atoms. The molecule has 1 aliphatic heterocycles. The monoisotopic (exact) mass is 236 g/mol. The van der Waals surface area contributed by atoms with Crippen molar-refractivity contribution in [2.75, 3.05) is 26.7 Å². The van der Waals surface area contributed by atoms with Gasteiger partial charge in [0.15, 0.2) is 0 Å². The van der Waals surface area contributed by atoms with Crippen molar-refractivity contribution in [3.63, 3.8) is 0 Å². The molecule has 1 aliphatic rings. The van der Waals surface area contributed by atoms with Crippen LogP contribution in [0.25, 0.3) is 0 Å². The Labute approximate surface area is 105 Å². The second-order valence-electron chi connectivity index (χ2n) is 4.55. The Morgan fingerprint density at radius 1 is 1.35 bits per heavy atom. The molecule has 0 bridgehead atoms. The lowest BCUT2D eigenvalue weighted by atomic mass is 9.93. The van der Waals surface area contributed by atoms with Crippen LogP contribution in [-0.2, 0) is 4.79 Å². The molecule has 0 aliphatic carbocycles. The molecule has 3 heteroatoms. The van der Waals surface area contributed by atoms with E-state index >= 15 is 0 Å². The van der Waals surface area contributed by atoms with Crippen LogP contribution >= 0.6 is 0 Å². The average Bonchev–Trinajstić information content (AvgIpc) is 2.37. The summed E-state index contributed by atoms with van der Waals surface area (Å²) in [6.45, 7) is 4.85. The highest BCUT2D eigenvalue weighted by atomic mass is 16.2. The van der Waals surface area contributed by atoms with E-state index in [1.807, 2.05) is 37.1 Å². The van der Waals surface area contributed by atoms with E-state index in [1.54, 1.807) is 6.08 Å². The Balaban J connectivity index is 2.28. The van der Waals surface area contributed by atoms with Gasteiger partial charge in [0.25, 0.3) is 0 Å². The Hall–Kier alpha value is -1.09. The highest BCUT2D eigenvalue weighted by molar-refractivity contribution is 5.87. The molecule has 1 saturated heterocycles. The van der Waals surface area contributed by atoms with Gasteiger partial charge in [-0.2, -0.15) is 0 Å². The van der Waals surface area contributed by atoms with Crippen molar-refractivity contribution in [2.45, 2.75) is 26.2 Å². The predicted octanol–water partition coefficient (Wildman–Crippen LogP) is 1.97. The quantitative estimate of drug-likeness (QED) is 0.584. The third-order valence-corrected chi connectivity index (χ3v) is 3.27. The fourth-order valence-electron chi connectivity index (χ4n) is 2.14. The molecule has 0 saturated carbocycles. The maximum absolute atomic E-state index is 11.8. The number of rotatable bonds is 5. The average molecular weight is 236 g/mol. The maximum atomic E-state index is 11.8. The molecular formula is C14H24N2O. The zero-order chi connectivity index (χ0) is 12.5. The Kier molecular flexibility index (Phi) is 6.63. The van der Waals surface area contributed by atoms with Gasteiger partial charge in [-0.1, -0.05) is 18.2 Å². The Morgan fingerprint density at radius 2 is 2.06 bits per heavy atom. The van der Waals surface area contributed by atoms with E-state index in [2.05, 4.69) is 5.32 Å². The molecule has 0 radical (unpaired) electrons. The molecule has 1 heterocycles. The molecule has 1 rings (SSSR count). The van der Waals surface area contributed by atoms with Gasteiger partial charge >= 0.3 is 0 Å². The summed E-state index contributed by atoms with van der Waals surface area (Å²) in [6.07, 6.45) is 10.8. The Bertz CT molecular complexity index is 276. The molecule has 0 aromatic heterocycles. The van der Waals surface area contributed by atoms with Crippen LogP contribution in [0.15, 0.2) is 24.3 Å². The summed E-state index contributed by atoms with van der Waals surface area (Å²) in [7, 11) is 1.99. The van der Waals surface area contributed by atoms with Crippen molar-refractivity contribution in [2.24, 2.45) is 5.92 Å². The molecule has 0 aromatic rings. The van der Waals surface area contributed by atoms with Crippen molar-refractivity contribution in [3.05, 3.63) is 24.3 Å². The number of likely N-dealkylation sites (tertiary alicyclic amines) is 1. The summed E-state index contributed by atoms with van der Waals surface area (Å²) in [4.78, 5) is 13.7. The molecule has 0 spiro atoms. The van der Waals surface area contributed by atoms with Gasteiger partial charge in [0, 0.05) is 19.2 Å². The van der Waals surface area contributed by atoms with Crippen LogP contribution in [0, 0.1) is 5.92 Å². The van der Waals surface area contributed by atoms with Crippen LogP contribution in [0.4, 0.5) is 0 Å². The number of carbonyl (C=O) groups is 1. The molecule has 0 unspecified atom stereocenters. The van der Waals surface area contributed by atoms with Crippen LogP contribution in [-0.4, -0.2) is 37.5 Å². The molecule has 1 amide bonds. The van der Waals surface area contributed by atoms with Crippen molar-refractivity contribution in [1.82, 2.24) is 10.2 Å². The van der Waals surface area contributed by atoms with Crippen molar-refractivity contribution in [1.29, 1.82) is 0 Å². The fourth-order valence-corrected chi connectivity index (χ4v) is 2.14. The van der Waals surface area contributed by atoms with Crippen molar-refractivity contribution < 1.29 is 4.79 Å². The van der Waals surface area contributed by atoms with Gasteiger partial charge < -0.3 is 10.2 Å². The molecule has 96 valence electrons. The molecule has 0 atom stereocenters. The van der Waals surface area contributed by atoms with Crippen LogP contribution in [0.3, 0.4) is 0 Å². The number of nitrogens with one attached hydrogen (secondary N) is 1. The zero-order valence-corrected chi connectivity index (χ0v) is 11.0. The first kappa shape index (κ1) is 14.0. The van der Waals surface area contributed by atoms with Crippen LogP contribution in [0.5, 0.6) is 0 Å². The topological polar surface area (TPSA) is 32.3 Å². The highest BCUT2D eigenvalue weighted by Gasteiger charge is 2.20. The van der Waals surface area contributed by atoms with Crippen LogP contribution in [0.2, 0.25) is 0 Å². The largest absolute Gasteiger partial charge is 0.339 e. The van der Waals surface area contributed by atoms with Gasteiger partial charge in [-0.25, -0.2) is 0 Å². The zero-order valence-electron chi connectivity index (χ0n) is 11.0. The number of amides is 1. The summed E-state index contributed by atoms with van der Waals surface area (Å²) in [5, 5.41) is 3.18. The molecule has 1 fully saturated rings. The molecular weight excluding hydrogens is 212 g/mol. The highest BCUT2D eigenvalue weighted by Crippen LogP contribution is 2.20. The number of hydrogen-bond donors (Lipinski definition) is 1. The van der Waals surface area contributed by atoms with E-state index in [-0.39, 0.29) is 5.91 Å². The minimum absolute atomic E-state index is 0.148. The number of piperidine rings is 1. The third kappa shape index (κ3) is 5.18. The second kappa shape index (κ2) is 8.07. The standard InChI is InChI=1S/C14H24N2O/c1-3-4-5-6-14(17)16-11-8-13(9-12-16)7-10-15-2/h3-6,13,15H,7-12H2,1-2H3. The number of hydrogen-bond acceptors (Lipinski definition) is 2. The van der Waals surface area contributed by atoms with E-state index in [9.17, 15) is 4.79 Å². The van der Waals surface area contributed by atoms with E-state index < -0.39 is 0 Å². The lowest BCUT2D eigenvalue weighted by molar-refractivity contribution is -0.127. The smallest absolute Gasteiger partial charge is 0.246 e. The Morgan fingerprint density at radius 3 is 2.65 bits per heavy atom. The van der Waals surface area contributed by atoms with Crippen molar-refractivity contribution in [3.8, 4) is 0 Å². The van der Waals surface area contributed by atoms with Gasteiger partial charge in [0.1, 0.15) is 0 Å². The van der Waals surface area contributed by atoms with Crippen LogP contribution < -0.4 is 5.32 Å². The van der Waals surface area contributed by atoms with Gasteiger partial charge in [-0.3, -0.25) is 4.79 Å². The summed E-state index contributed by atoms with van der Waals surface area (Å²) < 4.78 is 0. The van der Waals surface area contributed by atoms with Gasteiger partial charge in [0.05, 0.1) is 0 Å². The second-order valence-corrected chi connectivity index (χ2v) is 4.55. The summed E-state index contributed by atoms with van der Waals surface area (Å²) in [6, 6.07) is 0. The van der Waals surface area contributed by atoms with Crippen LogP contribution in [0.1, 0.15) is 26.2 Å². The normalized spacial score (nSPS) is 18.4. The first-order chi connectivity index (χ1) is 8.27. The van der Waals surface area contributed by atoms with E-state index in [4.69, 9.17) is 0 Å².